The van der Waals surface area contributed by atoms with Gasteiger partial charge in [0.15, 0.2) is 5.75 Å². The molecule has 7 aromatic carbocycles. The second-order valence-corrected chi connectivity index (χ2v) is 20.1. The number of phenolic OH excluding ortho intramolecular Hbond substituents is 2. The number of hydrogen-bond acceptors (Lipinski definition) is 18. The van der Waals surface area contributed by atoms with Gasteiger partial charge >= 0.3 is 0 Å². The van der Waals surface area contributed by atoms with E-state index in [1.165, 1.54) is 77.6 Å². The van der Waals surface area contributed by atoms with E-state index in [0.717, 1.165) is 18.2 Å². The first-order valence-corrected chi connectivity index (χ1v) is 24.4. The Hall–Kier alpha value is -7.50. The van der Waals surface area contributed by atoms with Crippen LogP contribution in [0.3, 0.4) is 0 Å². The lowest BCUT2D eigenvalue weighted by Gasteiger charge is -2.10. The minimum atomic E-state index is -5.06. The Balaban J connectivity index is 1.04. The minimum Gasteiger partial charge on any atom is -0.506 e. The van der Waals surface area contributed by atoms with Crippen LogP contribution in [0.4, 0.5) is 34.1 Å². The Morgan fingerprint density at radius 1 is 0.493 bits per heavy atom. The fourth-order valence-corrected chi connectivity index (χ4v) is 9.40. The van der Waals surface area contributed by atoms with Crippen molar-refractivity contribution < 1.29 is 62.1 Å². The highest BCUT2D eigenvalue weighted by molar-refractivity contribution is 7.87. The van der Waals surface area contributed by atoms with Gasteiger partial charge in [-0.15, -0.1) is 25.5 Å². The number of aromatic hydroxyl groups is 2. The van der Waals surface area contributed by atoms with Crippen molar-refractivity contribution in [1.29, 1.82) is 0 Å². The van der Waals surface area contributed by atoms with Crippen LogP contribution in [0.25, 0.3) is 38.3 Å². The number of nitrogens with zero attached hydrogens (tertiary/aromatic N) is 9. The van der Waals surface area contributed by atoms with E-state index >= 15 is 0 Å². The fraction of sp³-hybridized carbons (Fsp3) is 0.0500. The van der Waals surface area contributed by atoms with E-state index in [9.17, 15) is 62.1 Å². The summed E-state index contributed by atoms with van der Waals surface area (Å²) >= 11 is 0. The molecule has 8 rings (SSSR count). The molecule has 0 aliphatic heterocycles. The number of benzene rings is 7. The molecule has 0 bridgehead atoms. The summed E-state index contributed by atoms with van der Waals surface area (Å²) in [4.78, 5) is -1.64. The third kappa shape index (κ3) is 9.46. The van der Waals surface area contributed by atoms with Gasteiger partial charge in [0.05, 0.1) is 27.6 Å². The predicted molar refractivity (Wildman–Crippen MR) is 238 cm³/mol. The van der Waals surface area contributed by atoms with Gasteiger partial charge in [-0.1, -0.05) is 6.07 Å². The van der Waals surface area contributed by atoms with Gasteiger partial charge in [0.1, 0.15) is 48.5 Å². The molecule has 342 valence electrons. The van der Waals surface area contributed by atoms with Crippen molar-refractivity contribution in [3.63, 3.8) is 0 Å². The van der Waals surface area contributed by atoms with Gasteiger partial charge in [0.25, 0.3) is 40.5 Å². The van der Waals surface area contributed by atoms with Crippen LogP contribution in [0.1, 0.15) is 11.1 Å². The highest BCUT2D eigenvalue weighted by Crippen LogP contribution is 2.43. The van der Waals surface area contributed by atoms with Crippen LogP contribution in [0.5, 0.6) is 11.5 Å². The van der Waals surface area contributed by atoms with Gasteiger partial charge in [0.2, 0.25) is 0 Å². The molecule has 8 aromatic rings. The monoisotopic (exact) mass is 987 g/mol. The first-order chi connectivity index (χ1) is 31.3. The van der Waals surface area contributed by atoms with Crippen LogP contribution in [0.2, 0.25) is 0 Å². The van der Waals surface area contributed by atoms with Crippen LogP contribution in [-0.2, 0) is 40.5 Å². The van der Waals surface area contributed by atoms with E-state index < -0.39 is 78.0 Å². The van der Waals surface area contributed by atoms with E-state index in [4.69, 9.17) is 0 Å². The van der Waals surface area contributed by atoms with Crippen LogP contribution in [-0.4, -0.2) is 77.1 Å². The Kier molecular flexibility index (Phi) is 11.5. The smallest absolute Gasteiger partial charge is 0.296 e. The summed E-state index contributed by atoms with van der Waals surface area (Å²) in [6.07, 6.45) is 0. The van der Waals surface area contributed by atoms with Crippen molar-refractivity contribution >= 4 is 107 Å². The summed E-state index contributed by atoms with van der Waals surface area (Å²) in [5, 5.41) is 55.6. The molecule has 6 N–H and O–H groups in total. The average molecular weight is 988 g/mol. The molecule has 0 saturated carbocycles. The van der Waals surface area contributed by atoms with Crippen LogP contribution >= 0.6 is 0 Å². The summed E-state index contributed by atoms with van der Waals surface area (Å²) in [5.41, 5.74) is 1.23. The maximum absolute atomic E-state index is 12.6. The van der Waals surface area contributed by atoms with Crippen molar-refractivity contribution in [1.82, 2.24) is 15.0 Å². The molecule has 27 heteroatoms. The number of azo groups is 3. The second-order valence-electron chi connectivity index (χ2n) is 14.5. The molecule has 1 heterocycles. The number of phenols is 2. The third-order valence-electron chi connectivity index (χ3n) is 9.86. The van der Waals surface area contributed by atoms with Crippen molar-refractivity contribution in [3.05, 3.63) is 114 Å². The quantitative estimate of drug-likeness (QED) is 0.0520. The van der Waals surface area contributed by atoms with E-state index in [1.807, 2.05) is 0 Å². The van der Waals surface area contributed by atoms with Gasteiger partial charge in [-0.05, 0) is 121 Å². The number of rotatable bonds is 11. The van der Waals surface area contributed by atoms with Gasteiger partial charge in [-0.3, -0.25) is 18.2 Å². The Labute approximate surface area is 378 Å². The molecular formula is C40H29N9O14S4. The number of aromatic nitrogens is 3. The number of hydrogen-bond donors (Lipinski definition) is 6. The van der Waals surface area contributed by atoms with E-state index in [1.54, 1.807) is 19.9 Å². The zero-order valence-corrected chi connectivity index (χ0v) is 37.2. The highest BCUT2D eigenvalue weighted by Gasteiger charge is 2.24. The van der Waals surface area contributed by atoms with Crippen LogP contribution in [0.15, 0.2) is 153 Å². The van der Waals surface area contributed by atoms with Gasteiger partial charge in [0, 0.05) is 22.2 Å². The summed E-state index contributed by atoms with van der Waals surface area (Å²) in [5.74, 6) is -1.17. The molecule has 0 aliphatic carbocycles. The lowest BCUT2D eigenvalue weighted by Crippen LogP contribution is -2.03. The maximum Gasteiger partial charge on any atom is 0.296 e. The van der Waals surface area contributed by atoms with Crippen LogP contribution < -0.4 is 0 Å². The third-order valence-corrected chi connectivity index (χ3v) is 13.4. The molecule has 0 aliphatic rings. The van der Waals surface area contributed by atoms with Crippen molar-refractivity contribution in [2.75, 3.05) is 0 Å². The average Bonchev–Trinajstić information content (AvgIpc) is 3.70. The molecule has 0 unspecified atom stereocenters. The Morgan fingerprint density at radius 3 is 1.73 bits per heavy atom. The van der Waals surface area contributed by atoms with Crippen molar-refractivity contribution in [2.24, 2.45) is 30.7 Å². The molecule has 0 radical (unpaired) electrons. The Bertz CT molecular complexity index is 3970. The van der Waals surface area contributed by atoms with Gasteiger partial charge in [-0.2, -0.15) is 53.8 Å². The van der Waals surface area contributed by atoms with Crippen molar-refractivity contribution in [2.45, 2.75) is 33.4 Å². The first-order valence-electron chi connectivity index (χ1n) is 18.7. The summed E-state index contributed by atoms with van der Waals surface area (Å²) in [6.45, 7) is 3.24. The standard InChI is InChI=1S/C40H29N9O14S4/c1-20-13-29-28(35(14-20)65(55,56)57)10-12-31-38(29)48-49(47-31)25-7-9-27-22(16-25)17-37(67(61,62)63)39(40(27)51)46-45-33-15-21(2)32(19-34(33)50)44-42-24-5-3-23(4-6-24)41-43-30-11-8-26(64(52,53)54)18-36(30)66(58,59)60/h3-19,50-51H,1-2H3,(H,52,53,54)(H,55,56,57)(H,58,59,60)(H,61,62,63). The topological polar surface area (TPSA) is 363 Å². The maximum atomic E-state index is 12.6. The zero-order valence-electron chi connectivity index (χ0n) is 33.9. The van der Waals surface area contributed by atoms with Gasteiger partial charge < -0.3 is 10.2 Å². The van der Waals surface area contributed by atoms with E-state index in [2.05, 4.69) is 40.9 Å². The molecular weight excluding hydrogens is 959 g/mol. The molecule has 67 heavy (non-hydrogen) atoms. The molecule has 0 fully saturated rings. The fourth-order valence-electron chi connectivity index (χ4n) is 6.72. The highest BCUT2D eigenvalue weighted by atomic mass is 32.2. The molecule has 0 atom stereocenters. The molecule has 23 nitrogen and oxygen atoms in total. The summed E-state index contributed by atoms with van der Waals surface area (Å²) in [6, 6.07) is 22.0. The first kappa shape index (κ1) is 46.0. The van der Waals surface area contributed by atoms with Gasteiger partial charge in [-0.25, -0.2) is 0 Å². The summed E-state index contributed by atoms with van der Waals surface area (Å²) < 4.78 is 135. The predicted octanol–water partition coefficient (Wildman–Crippen LogP) is 8.99. The normalized spacial score (nSPS) is 13.0. The molecule has 1 aromatic heterocycles. The SMILES string of the molecule is Cc1cc(S(=O)(=O)O)c2ccc3nn(-c4ccc5c(O)c(N=Nc6cc(C)c(N=Nc7ccc(N=Nc8ccc(S(=O)(=O)O)cc8S(=O)(=O)O)cc7)cc6O)c(S(=O)(=O)O)cc5c4)nc3c2c1. The summed E-state index contributed by atoms with van der Waals surface area (Å²) in [7, 11) is -19.4. The van der Waals surface area contributed by atoms with E-state index in [0.29, 0.717) is 33.6 Å². The lowest BCUT2D eigenvalue weighted by atomic mass is 10.1. The largest absolute Gasteiger partial charge is 0.506 e. The zero-order chi connectivity index (χ0) is 48.4. The lowest BCUT2D eigenvalue weighted by molar-refractivity contribution is 0.471. The van der Waals surface area contributed by atoms with Crippen LogP contribution in [0, 0.1) is 13.8 Å². The second kappa shape index (κ2) is 16.7. The van der Waals surface area contributed by atoms with Crippen molar-refractivity contribution in [3.8, 4) is 17.2 Å². The van der Waals surface area contributed by atoms with E-state index in [-0.39, 0.29) is 49.5 Å². The Morgan fingerprint density at radius 2 is 1.10 bits per heavy atom. The number of fused-ring (bicyclic) bond motifs is 4. The molecule has 0 saturated heterocycles. The minimum absolute atomic E-state index is 0.0762. The molecule has 0 amide bonds. The number of aryl methyl sites for hydroxylation is 2. The molecule has 0 spiro atoms.